The fraction of sp³-hybridized carbons (Fsp3) is 0.615. The van der Waals surface area contributed by atoms with Crippen molar-refractivity contribution in [1.29, 1.82) is 0 Å². The van der Waals surface area contributed by atoms with E-state index in [0.29, 0.717) is 5.01 Å². The molecule has 106 valence electrons. The summed E-state index contributed by atoms with van der Waals surface area (Å²) in [7, 11) is 1.44. The molecular weight excluding hydrogens is 264 g/mol. The molecule has 0 saturated carbocycles. The minimum atomic E-state index is -1.48. The van der Waals surface area contributed by atoms with Crippen LogP contribution in [0.4, 0.5) is 0 Å². The zero-order chi connectivity index (χ0) is 14.8. The molecule has 0 fully saturated rings. The normalized spacial score (nSPS) is 14.8. The third-order valence-electron chi connectivity index (χ3n) is 3.03. The summed E-state index contributed by atoms with van der Waals surface area (Å²) in [5.41, 5.74) is -0.652. The van der Waals surface area contributed by atoms with E-state index in [4.69, 9.17) is 0 Å². The molecule has 1 aromatic heterocycles. The Kier molecular flexibility index (Phi) is 4.35. The number of aromatic nitrogens is 1. The van der Waals surface area contributed by atoms with E-state index in [0.717, 1.165) is 5.69 Å². The lowest BCUT2D eigenvalue weighted by atomic mass is 9.86. The number of hydrogen-bond acceptors (Lipinski definition) is 4. The largest absolute Gasteiger partial charge is 0.480 e. The highest BCUT2D eigenvalue weighted by atomic mass is 32.1. The van der Waals surface area contributed by atoms with Gasteiger partial charge in [0, 0.05) is 24.3 Å². The average Bonchev–Trinajstić information content (AvgIpc) is 2.75. The highest BCUT2D eigenvalue weighted by molar-refractivity contribution is 7.09. The van der Waals surface area contributed by atoms with Crippen LogP contribution in [0.25, 0.3) is 0 Å². The highest BCUT2D eigenvalue weighted by Gasteiger charge is 2.41. The SMILES string of the molecule is CNC(=O)C(C)(Cc1nc(C(C)(C)C)cs1)C(=O)O. The topological polar surface area (TPSA) is 79.3 Å². The van der Waals surface area contributed by atoms with Crippen LogP contribution in [0.5, 0.6) is 0 Å². The van der Waals surface area contributed by atoms with Crippen LogP contribution >= 0.6 is 11.3 Å². The van der Waals surface area contributed by atoms with Gasteiger partial charge in [-0.3, -0.25) is 9.59 Å². The lowest BCUT2D eigenvalue weighted by Gasteiger charge is -2.21. The first-order chi connectivity index (χ1) is 8.61. The van der Waals surface area contributed by atoms with Crippen LogP contribution < -0.4 is 5.32 Å². The number of nitrogens with zero attached hydrogens (tertiary/aromatic N) is 1. The molecule has 0 bridgehead atoms. The first-order valence-corrected chi connectivity index (χ1v) is 6.89. The van der Waals surface area contributed by atoms with E-state index in [-0.39, 0.29) is 11.8 Å². The van der Waals surface area contributed by atoms with E-state index >= 15 is 0 Å². The molecule has 0 aromatic carbocycles. The van der Waals surface area contributed by atoms with Gasteiger partial charge in [-0.1, -0.05) is 20.8 Å². The zero-order valence-corrected chi connectivity index (χ0v) is 12.7. The summed E-state index contributed by atoms with van der Waals surface area (Å²) in [5.74, 6) is -1.65. The third-order valence-corrected chi connectivity index (χ3v) is 3.87. The maximum absolute atomic E-state index is 11.8. The average molecular weight is 284 g/mol. The molecule has 0 saturated heterocycles. The first-order valence-electron chi connectivity index (χ1n) is 6.01. The number of hydrogen-bond donors (Lipinski definition) is 2. The van der Waals surface area contributed by atoms with Gasteiger partial charge in [0.25, 0.3) is 0 Å². The molecule has 1 unspecified atom stereocenters. The number of amides is 1. The van der Waals surface area contributed by atoms with Gasteiger partial charge in [-0.05, 0) is 6.92 Å². The number of rotatable bonds is 4. The molecule has 0 aliphatic rings. The summed E-state index contributed by atoms with van der Waals surface area (Å²) in [6.45, 7) is 7.55. The third kappa shape index (κ3) is 3.32. The minimum Gasteiger partial charge on any atom is -0.480 e. The van der Waals surface area contributed by atoms with Gasteiger partial charge in [0.15, 0.2) is 0 Å². The van der Waals surface area contributed by atoms with Crippen LogP contribution in [0.2, 0.25) is 0 Å². The van der Waals surface area contributed by atoms with Crippen molar-refractivity contribution in [2.45, 2.75) is 39.5 Å². The Morgan fingerprint density at radius 3 is 2.32 bits per heavy atom. The van der Waals surface area contributed by atoms with Crippen molar-refractivity contribution in [2.75, 3.05) is 7.05 Å². The first kappa shape index (κ1) is 15.6. The monoisotopic (exact) mass is 284 g/mol. The highest BCUT2D eigenvalue weighted by Crippen LogP contribution is 2.29. The second-order valence-corrected chi connectivity index (χ2v) is 6.71. The molecule has 0 aliphatic carbocycles. The fourth-order valence-electron chi connectivity index (χ4n) is 1.57. The van der Waals surface area contributed by atoms with Crippen molar-refractivity contribution >= 4 is 23.2 Å². The van der Waals surface area contributed by atoms with Gasteiger partial charge in [0.1, 0.15) is 5.41 Å². The number of thiazole rings is 1. The van der Waals surface area contributed by atoms with Crippen LogP contribution in [-0.2, 0) is 21.4 Å². The van der Waals surface area contributed by atoms with Gasteiger partial charge in [0.05, 0.1) is 10.7 Å². The van der Waals surface area contributed by atoms with Crippen LogP contribution in [-0.4, -0.2) is 29.0 Å². The van der Waals surface area contributed by atoms with Gasteiger partial charge < -0.3 is 10.4 Å². The molecule has 19 heavy (non-hydrogen) atoms. The second kappa shape index (κ2) is 5.28. The number of carboxylic acid groups (broad SMARTS) is 1. The maximum Gasteiger partial charge on any atom is 0.319 e. The molecular formula is C13H20N2O3S. The number of nitrogens with one attached hydrogen (secondary N) is 1. The Hall–Kier alpha value is -1.43. The molecule has 1 aromatic rings. The van der Waals surface area contributed by atoms with Gasteiger partial charge in [-0.15, -0.1) is 11.3 Å². The van der Waals surface area contributed by atoms with Crippen molar-refractivity contribution in [3.8, 4) is 0 Å². The number of carboxylic acids is 1. The summed E-state index contributed by atoms with van der Waals surface area (Å²) in [5, 5.41) is 14.3. The van der Waals surface area contributed by atoms with Crippen molar-refractivity contribution in [3.05, 3.63) is 16.1 Å². The molecule has 1 rings (SSSR count). The van der Waals surface area contributed by atoms with Crippen molar-refractivity contribution in [2.24, 2.45) is 5.41 Å². The number of aliphatic carboxylic acids is 1. The maximum atomic E-state index is 11.8. The fourth-order valence-corrected chi connectivity index (χ4v) is 2.74. The van der Waals surface area contributed by atoms with Gasteiger partial charge in [-0.2, -0.15) is 0 Å². The van der Waals surface area contributed by atoms with Gasteiger partial charge in [-0.25, -0.2) is 4.98 Å². The van der Waals surface area contributed by atoms with Crippen LogP contribution in [0, 0.1) is 5.41 Å². The Morgan fingerprint density at radius 1 is 1.37 bits per heavy atom. The predicted molar refractivity (Wildman–Crippen MR) is 74.3 cm³/mol. The molecule has 2 N–H and O–H groups in total. The molecule has 1 heterocycles. The Labute approximate surface area is 117 Å². The van der Waals surface area contributed by atoms with E-state index in [2.05, 4.69) is 10.3 Å². The second-order valence-electron chi connectivity index (χ2n) is 5.77. The molecule has 1 amide bonds. The molecule has 5 nitrogen and oxygen atoms in total. The number of carbonyl (C=O) groups excluding carboxylic acids is 1. The molecule has 1 atom stereocenters. The van der Waals surface area contributed by atoms with E-state index in [9.17, 15) is 14.7 Å². The molecule has 6 heteroatoms. The van der Waals surface area contributed by atoms with Crippen LogP contribution in [0.3, 0.4) is 0 Å². The molecule has 0 radical (unpaired) electrons. The van der Waals surface area contributed by atoms with Gasteiger partial charge in [0.2, 0.25) is 5.91 Å². The van der Waals surface area contributed by atoms with E-state index < -0.39 is 17.3 Å². The summed E-state index contributed by atoms with van der Waals surface area (Å²) in [4.78, 5) is 27.6. The quantitative estimate of drug-likeness (QED) is 0.827. The molecule has 0 spiro atoms. The van der Waals surface area contributed by atoms with Gasteiger partial charge >= 0.3 is 5.97 Å². The molecule has 0 aliphatic heterocycles. The van der Waals surface area contributed by atoms with Crippen LogP contribution in [0.1, 0.15) is 38.4 Å². The lowest BCUT2D eigenvalue weighted by Crippen LogP contribution is -2.44. The number of carbonyl (C=O) groups is 2. The Bertz CT molecular complexity index is 490. The minimum absolute atomic E-state index is 0.0820. The van der Waals surface area contributed by atoms with Crippen LogP contribution in [0.15, 0.2) is 5.38 Å². The smallest absolute Gasteiger partial charge is 0.319 e. The summed E-state index contributed by atoms with van der Waals surface area (Å²) < 4.78 is 0. The Balaban J connectivity index is 3.02. The summed E-state index contributed by atoms with van der Waals surface area (Å²) in [6, 6.07) is 0. The predicted octanol–water partition coefficient (Wildman–Crippen LogP) is 1.82. The van der Waals surface area contributed by atoms with Crippen molar-refractivity contribution in [3.63, 3.8) is 0 Å². The zero-order valence-electron chi connectivity index (χ0n) is 11.9. The van der Waals surface area contributed by atoms with E-state index in [1.165, 1.54) is 25.3 Å². The van der Waals surface area contributed by atoms with Crippen molar-refractivity contribution < 1.29 is 14.7 Å². The summed E-state index contributed by atoms with van der Waals surface area (Å²) >= 11 is 1.39. The Morgan fingerprint density at radius 2 is 1.95 bits per heavy atom. The standard InChI is InChI=1S/C13H20N2O3S/c1-12(2,3)8-7-19-9(15-8)6-13(4,11(17)18)10(16)14-5/h7H,6H2,1-5H3,(H,14,16)(H,17,18). The lowest BCUT2D eigenvalue weighted by molar-refractivity contribution is -0.154. The summed E-state index contributed by atoms with van der Waals surface area (Å²) in [6.07, 6.45) is 0.1000. The van der Waals surface area contributed by atoms with E-state index in [1.807, 2.05) is 26.2 Å². The van der Waals surface area contributed by atoms with E-state index in [1.54, 1.807) is 0 Å². The van der Waals surface area contributed by atoms with Crippen molar-refractivity contribution in [1.82, 2.24) is 10.3 Å².